The average molecular weight is 377 g/mol. The fraction of sp³-hybridized carbons (Fsp3) is 0.500. The van der Waals surface area contributed by atoms with Crippen molar-refractivity contribution >= 4 is 29.9 Å². The number of nitrogens with zero attached hydrogens (tertiary/aromatic N) is 1. The van der Waals surface area contributed by atoms with Gasteiger partial charge in [-0.25, -0.2) is 8.78 Å². The van der Waals surface area contributed by atoms with Crippen LogP contribution in [0.3, 0.4) is 0 Å². The molecule has 1 aliphatic heterocycles. The number of hydrogen-bond donors (Lipinski definition) is 3. The summed E-state index contributed by atoms with van der Waals surface area (Å²) in [5, 5.41) is 4.90. The van der Waals surface area contributed by atoms with Crippen LogP contribution in [0.4, 0.5) is 14.5 Å². The molecule has 1 unspecified atom stereocenters. The molecular weight excluding hydrogens is 354 g/mol. The first-order valence-electron chi connectivity index (χ1n) is 7.75. The van der Waals surface area contributed by atoms with E-state index in [4.69, 9.17) is 5.73 Å². The fourth-order valence-electron chi connectivity index (χ4n) is 2.64. The molecule has 4 N–H and O–H groups in total. The van der Waals surface area contributed by atoms with Crippen molar-refractivity contribution in [1.29, 1.82) is 0 Å². The van der Waals surface area contributed by atoms with Gasteiger partial charge in [0.05, 0.1) is 13.1 Å². The van der Waals surface area contributed by atoms with Crippen molar-refractivity contribution in [2.24, 2.45) is 11.1 Å². The molecule has 1 atom stereocenters. The maximum Gasteiger partial charge on any atom is 0.243 e. The average Bonchev–Trinajstić information content (AvgIpc) is 2.91. The van der Waals surface area contributed by atoms with E-state index in [-0.39, 0.29) is 42.5 Å². The zero-order valence-electron chi connectivity index (χ0n) is 14.0. The van der Waals surface area contributed by atoms with E-state index in [1.54, 1.807) is 0 Å². The molecule has 1 fully saturated rings. The predicted molar refractivity (Wildman–Crippen MR) is 93.5 cm³/mol. The lowest BCUT2D eigenvalue weighted by Gasteiger charge is -2.22. The van der Waals surface area contributed by atoms with Crippen LogP contribution in [-0.2, 0) is 9.59 Å². The van der Waals surface area contributed by atoms with Crippen molar-refractivity contribution in [3.05, 3.63) is 29.8 Å². The quantitative estimate of drug-likeness (QED) is 0.694. The number of amides is 2. The lowest BCUT2D eigenvalue weighted by Crippen LogP contribution is -2.40. The number of carbonyl (C=O) groups excluding carboxylic acids is 2. The van der Waals surface area contributed by atoms with E-state index in [9.17, 15) is 18.4 Å². The summed E-state index contributed by atoms with van der Waals surface area (Å²) >= 11 is 0. The van der Waals surface area contributed by atoms with Gasteiger partial charge in [0, 0.05) is 18.3 Å². The van der Waals surface area contributed by atoms with Crippen LogP contribution in [0.2, 0.25) is 0 Å². The Balaban J connectivity index is 0.00000312. The molecule has 9 heteroatoms. The van der Waals surface area contributed by atoms with Gasteiger partial charge in [0.15, 0.2) is 11.6 Å². The van der Waals surface area contributed by atoms with Crippen LogP contribution < -0.4 is 16.4 Å². The number of halogens is 3. The Bertz CT molecular complexity index is 632. The molecule has 2 rings (SSSR count). The minimum Gasteiger partial charge on any atom is -0.346 e. The smallest absolute Gasteiger partial charge is 0.243 e. The van der Waals surface area contributed by atoms with Crippen molar-refractivity contribution < 1.29 is 18.4 Å². The van der Waals surface area contributed by atoms with Gasteiger partial charge in [-0.05, 0) is 37.1 Å². The number of likely N-dealkylation sites (tertiary alicyclic amines) is 1. The molecule has 25 heavy (non-hydrogen) atoms. The van der Waals surface area contributed by atoms with Gasteiger partial charge in [0.2, 0.25) is 11.8 Å². The third-order valence-corrected chi connectivity index (χ3v) is 4.15. The molecule has 6 nitrogen and oxygen atoms in total. The number of carbonyl (C=O) groups is 2. The van der Waals surface area contributed by atoms with E-state index >= 15 is 0 Å². The van der Waals surface area contributed by atoms with Gasteiger partial charge in [-0.3, -0.25) is 14.5 Å². The highest BCUT2D eigenvalue weighted by Gasteiger charge is 2.33. The molecule has 1 aromatic rings. The SMILES string of the molecule is CC1(CN)CCN(CC(=O)NCC(=O)Nc2ccc(F)c(F)c2)C1.Cl. The second-order valence-electron chi connectivity index (χ2n) is 6.43. The summed E-state index contributed by atoms with van der Waals surface area (Å²) in [6.07, 6.45) is 0.938. The summed E-state index contributed by atoms with van der Waals surface area (Å²) in [7, 11) is 0. The normalized spacial score (nSPS) is 20.0. The Morgan fingerprint density at radius 3 is 2.60 bits per heavy atom. The summed E-state index contributed by atoms with van der Waals surface area (Å²) in [6, 6.07) is 3.05. The summed E-state index contributed by atoms with van der Waals surface area (Å²) in [5.41, 5.74) is 5.89. The molecule has 0 aliphatic carbocycles. The molecule has 1 aliphatic rings. The first-order chi connectivity index (χ1) is 11.3. The van der Waals surface area contributed by atoms with Gasteiger partial charge in [-0.1, -0.05) is 6.92 Å². The third-order valence-electron chi connectivity index (χ3n) is 4.15. The van der Waals surface area contributed by atoms with Crippen molar-refractivity contribution in [3.8, 4) is 0 Å². The Labute approximate surface area is 151 Å². The number of hydrogen-bond acceptors (Lipinski definition) is 4. The van der Waals surface area contributed by atoms with Crippen molar-refractivity contribution in [1.82, 2.24) is 10.2 Å². The van der Waals surface area contributed by atoms with Gasteiger partial charge in [0.25, 0.3) is 0 Å². The molecule has 2 amide bonds. The molecule has 0 aromatic heterocycles. The minimum atomic E-state index is -1.05. The molecular formula is C16H23ClF2N4O2. The van der Waals surface area contributed by atoms with E-state index in [0.29, 0.717) is 6.54 Å². The van der Waals surface area contributed by atoms with Crippen LogP contribution in [0.1, 0.15) is 13.3 Å². The maximum absolute atomic E-state index is 13.1. The van der Waals surface area contributed by atoms with E-state index in [1.807, 2.05) is 4.90 Å². The highest BCUT2D eigenvalue weighted by atomic mass is 35.5. The van der Waals surface area contributed by atoms with E-state index in [1.165, 1.54) is 6.07 Å². The van der Waals surface area contributed by atoms with Crippen molar-refractivity contribution in [3.63, 3.8) is 0 Å². The maximum atomic E-state index is 13.1. The molecule has 0 radical (unpaired) electrons. The summed E-state index contributed by atoms with van der Waals surface area (Å²) in [6.45, 7) is 4.16. The van der Waals surface area contributed by atoms with Crippen LogP contribution in [0.5, 0.6) is 0 Å². The van der Waals surface area contributed by atoms with Crippen LogP contribution >= 0.6 is 12.4 Å². The van der Waals surface area contributed by atoms with Crippen LogP contribution in [0.15, 0.2) is 18.2 Å². The predicted octanol–water partition coefficient (Wildman–Crippen LogP) is 1.11. The van der Waals surface area contributed by atoms with E-state index in [2.05, 4.69) is 17.6 Å². The molecule has 140 valence electrons. The topological polar surface area (TPSA) is 87.5 Å². The number of nitrogens with one attached hydrogen (secondary N) is 2. The van der Waals surface area contributed by atoms with Crippen molar-refractivity contribution in [2.75, 3.05) is 38.0 Å². The lowest BCUT2D eigenvalue weighted by molar-refractivity contribution is -0.124. The summed E-state index contributed by atoms with van der Waals surface area (Å²) in [5.74, 6) is -2.82. The third kappa shape index (κ3) is 6.22. The van der Waals surface area contributed by atoms with Gasteiger partial charge in [0.1, 0.15) is 0 Å². The first-order valence-corrected chi connectivity index (χ1v) is 7.75. The van der Waals surface area contributed by atoms with Gasteiger partial charge < -0.3 is 16.4 Å². The zero-order chi connectivity index (χ0) is 17.7. The van der Waals surface area contributed by atoms with Crippen LogP contribution in [-0.4, -0.2) is 49.4 Å². The zero-order valence-corrected chi connectivity index (χ0v) is 14.8. The Morgan fingerprint density at radius 2 is 2.00 bits per heavy atom. The highest BCUT2D eigenvalue weighted by Crippen LogP contribution is 2.27. The van der Waals surface area contributed by atoms with Gasteiger partial charge in [-0.2, -0.15) is 0 Å². The Kier molecular flexibility index (Phi) is 7.72. The first kappa shape index (κ1) is 21.3. The number of benzene rings is 1. The number of nitrogens with two attached hydrogens (primary N) is 1. The fourth-order valence-corrected chi connectivity index (χ4v) is 2.64. The van der Waals surface area contributed by atoms with E-state index in [0.717, 1.165) is 31.6 Å². The highest BCUT2D eigenvalue weighted by molar-refractivity contribution is 5.94. The van der Waals surface area contributed by atoms with Gasteiger partial charge in [-0.15, -0.1) is 12.4 Å². The summed E-state index contributed by atoms with van der Waals surface area (Å²) in [4.78, 5) is 25.6. The standard InChI is InChI=1S/C16H22F2N4O2.ClH/c1-16(9-19)4-5-22(10-16)8-15(24)20-7-14(23)21-11-2-3-12(17)13(18)6-11;/h2-3,6H,4-5,7-10,19H2,1H3,(H,20,24)(H,21,23);1H. The monoisotopic (exact) mass is 376 g/mol. The van der Waals surface area contributed by atoms with Crippen LogP contribution in [0.25, 0.3) is 0 Å². The molecule has 1 heterocycles. The molecule has 1 saturated heterocycles. The molecule has 0 saturated carbocycles. The second-order valence-corrected chi connectivity index (χ2v) is 6.43. The van der Waals surface area contributed by atoms with Crippen molar-refractivity contribution in [2.45, 2.75) is 13.3 Å². The Morgan fingerprint density at radius 1 is 1.28 bits per heavy atom. The van der Waals surface area contributed by atoms with Crippen LogP contribution in [0, 0.1) is 17.0 Å². The lowest BCUT2D eigenvalue weighted by atomic mass is 9.90. The number of anilines is 1. The molecule has 0 bridgehead atoms. The van der Waals surface area contributed by atoms with Gasteiger partial charge >= 0.3 is 0 Å². The second kappa shape index (κ2) is 9.07. The minimum absolute atomic E-state index is 0. The summed E-state index contributed by atoms with van der Waals surface area (Å²) < 4.78 is 25.9. The number of rotatable bonds is 6. The van der Waals surface area contributed by atoms with E-state index < -0.39 is 17.5 Å². The largest absolute Gasteiger partial charge is 0.346 e. The molecule has 1 aromatic carbocycles. The Hall–Kier alpha value is -1.77. The molecule has 0 spiro atoms.